The molecule has 0 bridgehead atoms. The first kappa shape index (κ1) is 27.7. The Bertz CT molecular complexity index is 1630. The van der Waals surface area contributed by atoms with E-state index in [1.807, 2.05) is 0 Å². The SMILES string of the molecule is Cc1cc(CN2C(=O)c3c(ncn3[C@@H](C)C(=O)Nc3cncc(-c4cnc(C(F)(F)F)c(C)c4)n3)N(C)C2O)no1. The summed E-state index contributed by atoms with van der Waals surface area (Å²) in [5.41, 5.74) is -0.0992. The number of aliphatic hydroxyl groups is 1. The fraction of sp³-hybridized carbons (Fsp3) is 0.320. The molecule has 5 rings (SSSR count). The first-order valence-electron chi connectivity index (χ1n) is 12.2. The number of hydrogen-bond donors (Lipinski definition) is 2. The number of aliphatic hydroxyl groups excluding tert-OH is 1. The predicted octanol–water partition coefficient (Wildman–Crippen LogP) is 2.93. The van der Waals surface area contributed by atoms with Gasteiger partial charge >= 0.3 is 6.18 Å². The predicted molar refractivity (Wildman–Crippen MR) is 136 cm³/mol. The highest BCUT2D eigenvalue weighted by molar-refractivity contribution is 6.01. The van der Waals surface area contributed by atoms with Crippen LogP contribution in [0, 0.1) is 13.8 Å². The summed E-state index contributed by atoms with van der Waals surface area (Å²) in [7, 11) is 1.55. The van der Waals surface area contributed by atoms with Gasteiger partial charge in [0.15, 0.2) is 17.3 Å². The number of aromatic nitrogens is 6. The largest absolute Gasteiger partial charge is 0.433 e. The second-order valence-corrected chi connectivity index (χ2v) is 9.49. The van der Waals surface area contributed by atoms with E-state index in [0.717, 1.165) is 11.1 Å². The maximum absolute atomic E-state index is 13.5. The van der Waals surface area contributed by atoms with Gasteiger partial charge in [-0.05, 0) is 32.4 Å². The number of hydrogen-bond acceptors (Lipinski definition) is 10. The minimum absolute atomic E-state index is 0.0350. The maximum Gasteiger partial charge on any atom is 0.433 e. The number of rotatable bonds is 6. The van der Waals surface area contributed by atoms with Gasteiger partial charge in [0.25, 0.3) is 5.91 Å². The van der Waals surface area contributed by atoms with Crippen LogP contribution in [0.15, 0.2) is 41.6 Å². The third-order valence-corrected chi connectivity index (χ3v) is 6.53. The van der Waals surface area contributed by atoms with Crippen LogP contribution in [0.2, 0.25) is 0 Å². The lowest BCUT2D eigenvalue weighted by Crippen LogP contribution is -2.54. The molecule has 4 aromatic heterocycles. The van der Waals surface area contributed by atoms with Gasteiger partial charge in [-0.2, -0.15) is 13.2 Å². The molecule has 0 aliphatic carbocycles. The van der Waals surface area contributed by atoms with Crippen molar-refractivity contribution in [2.75, 3.05) is 17.3 Å². The molecule has 0 spiro atoms. The van der Waals surface area contributed by atoms with E-state index in [9.17, 15) is 27.9 Å². The summed E-state index contributed by atoms with van der Waals surface area (Å²) in [4.78, 5) is 45.3. The normalized spacial score (nSPS) is 16.1. The van der Waals surface area contributed by atoms with Crippen molar-refractivity contribution in [1.82, 2.24) is 34.6 Å². The number of amides is 2. The van der Waals surface area contributed by atoms with Gasteiger partial charge in [-0.25, -0.2) is 9.97 Å². The molecule has 1 aliphatic heterocycles. The molecule has 0 aromatic carbocycles. The van der Waals surface area contributed by atoms with E-state index < -0.39 is 36.1 Å². The Hall–Kier alpha value is -4.86. The van der Waals surface area contributed by atoms with Crippen LogP contribution in [0.4, 0.5) is 24.8 Å². The number of nitrogens with zero attached hydrogens (tertiary/aromatic N) is 8. The second-order valence-electron chi connectivity index (χ2n) is 9.49. The molecular weight excluding hydrogens is 547 g/mol. The van der Waals surface area contributed by atoms with Crippen LogP contribution in [-0.2, 0) is 17.5 Å². The maximum atomic E-state index is 13.5. The first-order valence-corrected chi connectivity index (χ1v) is 12.2. The van der Waals surface area contributed by atoms with Crippen molar-refractivity contribution in [3.8, 4) is 11.3 Å². The number of aryl methyl sites for hydroxylation is 2. The summed E-state index contributed by atoms with van der Waals surface area (Å²) < 4.78 is 45.7. The monoisotopic (exact) mass is 571 g/mol. The molecule has 1 aliphatic rings. The van der Waals surface area contributed by atoms with Crippen LogP contribution in [0.5, 0.6) is 0 Å². The van der Waals surface area contributed by atoms with Gasteiger partial charge in [-0.1, -0.05) is 5.16 Å². The van der Waals surface area contributed by atoms with E-state index in [1.165, 1.54) is 41.2 Å². The van der Waals surface area contributed by atoms with Crippen LogP contribution < -0.4 is 10.2 Å². The summed E-state index contributed by atoms with van der Waals surface area (Å²) in [6, 6.07) is 1.96. The topological polar surface area (TPSA) is 155 Å². The molecule has 1 unspecified atom stereocenters. The average Bonchev–Trinajstić information content (AvgIpc) is 3.55. The Balaban J connectivity index is 1.37. The van der Waals surface area contributed by atoms with Crippen molar-refractivity contribution in [2.24, 2.45) is 0 Å². The van der Waals surface area contributed by atoms with Crippen LogP contribution in [0.3, 0.4) is 0 Å². The van der Waals surface area contributed by atoms with Crippen molar-refractivity contribution in [3.63, 3.8) is 0 Å². The quantitative estimate of drug-likeness (QED) is 0.353. The molecule has 5 heterocycles. The number of fused-ring (bicyclic) bond motifs is 1. The number of anilines is 2. The highest BCUT2D eigenvalue weighted by Crippen LogP contribution is 2.33. The van der Waals surface area contributed by atoms with Crippen molar-refractivity contribution in [1.29, 1.82) is 0 Å². The van der Waals surface area contributed by atoms with E-state index in [2.05, 4.69) is 30.4 Å². The lowest BCUT2D eigenvalue weighted by Gasteiger charge is -2.38. The van der Waals surface area contributed by atoms with Crippen LogP contribution in [0.25, 0.3) is 11.3 Å². The number of halogens is 3. The fourth-order valence-electron chi connectivity index (χ4n) is 4.42. The molecule has 2 N–H and O–H groups in total. The molecule has 0 fully saturated rings. The van der Waals surface area contributed by atoms with Crippen molar-refractivity contribution in [2.45, 2.75) is 45.9 Å². The molecule has 0 saturated carbocycles. The van der Waals surface area contributed by atoms with Crippen molar-refractivity contribution in [3.05, 3.63) is 65.5 Å². The van der Waals surface area contributed by atoms with Gasteiger partial charge in [-0.15, -0.1) is 0 Å². The van der Waals surface area contributed by atoms with Crippen molar-refractivity contribution >= 4 is 23.5 Å². The fourth-order valence-corrected chi connectivity index (χ4v) is 4.42. The summed E-state index contributed by atoms with van der Waals surface area (Å²) in [6.45, 7) is 4.48. The Morgan fingerprint density at radius 1 is 1.20 bits per heavy atom. The molecule has 2 amide bonds. The zero-order chi connectivity index (χ0) is 29.6. The Morgan fingerprint density at radius 2 is 1.95 bits per heavy atom. The zero-order valence-electron chi connectivity index (χ0n) is 22.2. The van der Waals surface area contributed by atoms with Crippen LogP contribution in [0.1, 0.15) is 46.2 Å². The lowest BCUT2D eigenvalue weighted by atomic mass is 10.1. The highest BCUT2D eigenvalue weighted by atomic mass is 19.4. The Kier molecular flexibility index (Phi) is 6.94. The summed E-state index contributed by atoms with van der Waals surface area (Å²) in [5.74, 6) is -0.385. The van der Waals surface area contributed by atoms with Gasteiger partial charge in [0.05, 0.1) is 31.0 Å². The van der Waals surface area contributed by atoms with E-state index in [0.29, 0.717) is 11.5 Å². The van der Waals surface area contributed by atoms with Gasteiger partial charge in [0, 0.05) is 24.9 Å². The average molecular weight is 572 g/mol. The molecule has 214 valence electrons. The van der Waals surface area contributed by atoms with Crippen LogP contribution >= 0.6 is 0 Å². The minimum atomic E-state index is -4.59. The van der Waals surface area contributed by atoms with E-state index in [4.69, 9.17) is 4.52 Å². The van der Waals surface area contributed by atoms with E-state index in [1.54, 1.807) is 27.0 Å². The molecule has 16 heteroatoms. The number of carbonyl (C=O) groups excluding carboxylic acids is 2. The minimum Gasteiger partial charge on any atom is -0.361 e. The molecular formula is C25H24F3N9O4. The van der Waals surface area contributed by atoms with Gasteiger partial charge < -0.3 is 24.4 Å². The summed E-state index contributed by atoms with van der Waals surface area (Å²) >= 11 is 0. The number of nitrogens with one attached hydrogen (secondary N) is 1. The molecule has 4 aromatic rings. The number of carbonyl (C=O) groups is 2. The van der Waals surface area contributed by atoms with Crippen molar-refractivity contribution < 1.29 is 32.4 Å². The van der Waals surface area contributed by atoms with Gasteiger partial charge in [0.2, 0.25) is 12.3 Å². The summed E-state index contributed by atoms with van der Waals surface area (Å²) in [5, 5.41) is 17.2. The van der Waals surface area contributed by atoms with E-state index >= 15 is 0 Å². The number of pyridine rings is 1. The third-order valence-electron chi connectivity index (χ3n) is 6.53. The zero-order valence-corrected chi connectivity index (χ0v) is 22.2. The Morgan fingerprint density at radius 3 is 2.61 bits per heavy atom. The third kappa shape index (κ3) is 5.20. The van der Waals surface area contributed by atoms with Gasteiger partial charge in [-0.3, -0.25) is 24.5 Å². The summed E-state index contributed by atoms with van der Waals surface area (Å²) in [6.07, 6.45) is -0.959. The van der Waals surface area contributed by atoms with Crippen LogP contribution in [-0.4, -0.2) is 64.9 Å². The lowest BCUT2D eigenvalue weighted by molar-refractivity contribution is -0.141. The Labute approximate surface area is 230 Å². The molecule has 13 nitrogen and oxygen atoms in total. The molecule has 0 radical (unpaired) electrons. The highest BCUT2D eigenvalue weighted by Gasteiger charge is 2.40. The number of imidazole rings is 1. The standard InChI is InChI=1S/C25H24F3N9O4/c1-12-5-15(7-30-20(12)25(26,27)28)17-8-29-9-18(32-17)33-22(38)14(3)37-11-31-21-19(37)23(39)36(24(40)35(21)4)10-16-6-13(2)41-34-16/h5-9,11,14,24,40H,10H2,1-4H3,(H,32,33,38)/t14-,24?/m0/s1. The smallest absolute Gasteiger partial charge is 0.361 e. The van der Waals surface area contributed by atoms with E-state index in [-0.39, 0.29) is 40.7 Å². The first-order chi connectivity index (χ1) is 19.3. The molecule has 0 saturated heterocycles. The second kappa shape index (κ2) is 10.3. The molecule has 2 atom stereocenters. The van der Waals surface area contributed by atoms with Gasteiger partial charge in [0.1, 0.15) is 23.2 Å². The number of alkyl halides is 3. The molecule has 41 heavy (non-hydrogen) atoms.